The van der Waals surface area contributed by atoms with E-state index in [1.54, 1.807) is 12.1 Å². The monoisotopic (exact) mass is 266 g/mol. The third-order valence-electron chi connectivity index (χ3n) is 3.18. The largest absolute Gasteiger partial charge is 0.369 e. The maximum atomic E-state index is 13.5. The molecule has 0 amide bonds. The van der Waals surface area contributed by atoms with Crippen LogP contribution in [0.15, 0.2) is 18.2 Å². The molecule has 108 valence electrons. The van der Waals surface area contributed by atoms with Gasteiger partial charge in [-0.1, -0.05) is 13.8 Å². The van der Waals surface area contributed by atoms with Crippen LogP contribution in [0, 0.1) is 11.7 Å². The average Bonchev–Trinajstić information content (AvgIpc) is 2.31. The SMILES string of the molecule is CCN(c1ccc(F)cc1CNCC(C)C)C(C)C. The van der Waals surface area contributed by atoms with Crippen molar-refractivity contribution in [2.45, 2.75) is 47.2 Å². The topological polar surface area (TPSA) is 15.3 Å². The van der Waals surface area contributed by atoms with Crippen LogP contribution in [0.2, 0.25) is 0 Å². The standard InChI is InChI=1S/C16H27FN2/c1-6-19(13(4)5)16-8-7-15(17)9-14(16)11-18-10-12(2)3/h7-9,12-13,18H,6,10-11H2,1-5H3. The maximum absolute atomic E-state index is 13.5. The Bertz CT molecular complexity index is 388. The molecule has 0 heterocycles. The molecule has 3 heteroatoms. The molecule has 0 spiro atoms. The van der Waals surface area contributed by atoms with Crippen LogP contribution >= 0.6 is 0 Å². The van der Waals surface area contributed by atoms with Crippen molar-refractivity contribution in [2.24, 2.45) is 5.92 Å². The van der Waals surface area contributed by atoms with Crippen LogP contribution in [-0.2, 0) is 6.54 Å². The fraction of sp³-hybridized carbons (Fsp3) is 0.625. The molecule has 19 heavy (non-hydrogen) atoms. The lowest BCUT2D eigenvalue weighted by Gasteiger charge is -2.30. The van der Waals surface area contributed by atoms with Crippen molar-refractivity contribution >= 4 is 5.69 Å². The Hall–Kier alpha value is -1.09. The zero-order valence-electron chi connectivity index (χ0n) is 12.8. The second kappa shape index (κ2) is 7.49. The van der Waals surface area contributed by atoms with Gasteiger partial charge >= 0.3 is 0 Å². The molecule has 0 fully saturated rings. The molecule has 0 aliphatic carbocycles. The highest BCUT2D eigenvalue weighted by Crippen LogP contribution is 2.23. The van der Waals surface area contributed by atoms with E-state index < -0.39 is 0 Å². The van der Waals surface area contributed by atoms with Crippen LogP contribution in [0.25, 0.3) is 0 Å². The number of nitrogens with zero attached hydrogens (tertiary/aromatic N) is 1. The van der Waals surface area contributed by atoms with Gasteiger partial charge in [-0.2, -0.15) is 0 Å². The first-order valence-electron chi connectivity index (χ1n) is 7.21. The number of rotatable bonds is 7. The summed E-state index contributed by atoms with van der Waals surface area (Å²) >= 11 is 0. The van der Waals surface area contributed by atoms with Crippen LogP contribution in [-0.4, -0.2) is 19.1 Å². The second-order valence-corrected chi connectivity index (χ2v) is 5.68. The van der Waals surface area contributed by atoms with E-state index in [0.29, 0.717) is 18.5 Å². The Kier molecular flexibility index (Phi) is 6.29. The summed E-state index contributed by atoms with van der Waals surface area (Å²) in [6.07, 6.45) is 0. The number of anilines is 1. The Labute approximate surface area is 117 Å². The fourth-order valence-electron chi connectivity index (χ4n) is 2.29. The van der Waals surface area contributed by atoms with E-state index >= 15 is 0 Å². The Balaban J connectivity index is 2.90. The van der Waals surface area contributed by atoms with Crippen LogP contribution in [0.4, 0.5) is 10.1 Å². The number of hydrogen-bond acceptors (Lipinski definition) is 2. The molecule has 1 aromatic carbocycles. The lowest BCUT2D eigenvalue weighted by atomic mass is 10.1. The van der Waals surface area contributed by atoms with Crippen molar-refractivity contribution in [2.75, 3.05) is 18.0 Å². The van der Waals surface area contributed by atoms with Gasteiger partial charge in [-0.15, -0.1) is 0 Å². The first-order valence-corrected chi connectivity index (χ1v) is 7.21. The van der Waals surface area contributed by atoms with Crippen molar-refractivity contribution < 1.29 is 4.39 Å². The summed E-state index contributed by atoms with van der Waals surface area (Å²) in [5.74, 6) is 0.439. The quantitative estimate of drug-likeness (QED) is 0.807. The van der Waals surface area contributed by atoms with Gasteiger partial charge in [-0.3, -0.25) is 0 Å². The van der Waals surface area contributed by atoms with E-state index in [2.05, 4.69) is 44.8 Å². The molecule has 0 radical (unpaired) electrons. The molecule has 0 unspecified atom stereocenters. The zero-order chi connectivity index (χ0) is 14.4. The Morgan fingerprint density at radius 2 is 1.89 bits per heavy atom. The summed E-state index contributed by atoms with van der Waals surface area (Å²) in [6, 6.07) is 5.50. The lowest BCUT2D eigenvalue weighted by molar-refractivity contribution is 0.548. The Morgan fingerprint density at radius 3 is 2.42 bits per heavy atom. The van der Waals surface area contributed by atoms with Crippen molar-refractivity contribution in [1.29, 1.82) is 0 Å². The van der Waals surface area contributed by atoms with Gasteiger partial charge in [0.15, 0.2) is 0 Å². The van der Waals surface area contributed by atoms with Crippen LogP contribution in [0.1, 0.15) is 40.2 Å². The number of benzene rings is 1. The van der Waals surface area contributed by atoms with Crippen LogP contribution in [0.3, 0.4) is 0 Å². The van der Waals surface area contributed by atoms with E-state index in [1.165, 1.54) is 0 Å². The summed E-state index contributed by atoms with van der Waals surface area (Å²) in [4.78, 5) is 2.30. The minimum atomic E-state index is -0.162. The molecule has 1 rings (SSSR count). The van der Waals surface area contributed by atoms with Gasteiger partial charge in [-0.05, 0) is 57.0 Å². The molecule has 0 aliphatic rings. The molecule has 1 N–H and O–H groups in total. The minimum absolute atomic E-state index is 0.162. The van der Waals surface area contributed by atoms with Gasteiger partial charge in [0.25, 0.3) is 0 Å². The highest BCUT2D eigenvalue weighted by atomic mass is 19.1. The van der Waals surface area contributed by atoms with E-state index in [-0.39, 0.29) is 5.82 Å². The predicted octanol–water partition coefficient (Wildman–Crippen LogP) is 3.81. The zero-order valence-corrected chi connectivity index (χ0v) is 12.8. The fourth-order valence-corrected chi connectivity index (χ4v) is 2.29. The normalized spacial score (nSPS) is 11.4. The van der Waals surface area contributed by atoms with Crippen molar-refractivity contribution in [3.8, 4) is 0 Å². The van der Waals surface area contributed by atoms with Gasteiger partial charge < -0.3 is 10.2 Å². The molecule has 0 bridgehead atoms. The first kappa shape index (κ1) is 16.0. The molecule has 0 aromatic heterocycles. The van der Waals surface area contributed by atoms with Gasteiger partial charge in [0, 0.05) is 24.8 Å². The number of halogens is 1. The summed E-state index contributed by atoms with van der Waals surface area (Å²) < 4.78 is 13.5. The predicted molar refractivity (Wildman–Crippen MR) is 81.1 cm³/mol. The van der Waals surface area contributed by atoms with Crippen molar-refractivity contribution in [1.82, 2.24) is 5.32 Å². The smallest absolute Gasteiger partial charge is 0.123 e. The van der Waals surface area contributed by atoms with Gasteiger partial charge in [0.1, 0.15) is 5.82 Å². The average molecular weight is 266 g/mol. The number of hydrogen-bond donors (Lipinski definition) is 1. The maximum Gasteiger partial charge on any atom is 0.123 e. The summed E-state index contributed by atoms with van der Waals surface area (Å²) in [7, 11) is 0. The highest BCUT2D eigenvalue weighted by molar-refractivity contribution is 5.54. The second-order valence-electron chi connectivity index (χ2n) is 5.68. The van der Waals surface area contributed by atoms with Crippen molar-refractivity contribution in [3.63, 3.8) is 0 Å². The highest BCUT2D eigenvalue weighted by Gasteiger charge is 2.13. The molecular formula is C16H27FN2. The van der Waals surface area contributed by atoms with Gasteiger partial charge in [0.2, 0.25) is 0 Å². The van der Waals surface area contributed by atoms with Crippen molar-refractivity contribution in [3.05, 3.63) is 29.6 Å². The lowest BCUT2D eigenvalue weighted by Crippen LogP contribution is -2.32. The molecule has 1 aromatic rings. The van der Waals surface area contributed by atoms with E-state index in [1.807, 2.05) is 6.07 Å². The third-order valence-corrected chi connectivity index (χ3v) is 3.18. The molecule has 2 nitrogen and oxygen atoms in total. The summed E-state index contributed by atoms with van der Waals surface area (Å²) in [6.45, 7) is 13.4. The molecule has 0 saturated heterocycles. The van der Waals surface area contributed by atoms with E-state index in [9.17, 15) is 4.39 Å². The molecule has 0 saturated carbocycles. The first-order chi connectivity index (χ1) is 8.95. The van der Waals surface area contributed by atoms with E-state index in [4.69, 9.17) is 0 Å². The summed E-state index contributed by atoms with van der Waals surface area (Å²) in [5, 5.41) is 3.39. The minimum Gasteiger partial charge on any atom is -0.369 e. The molecule has 0 aliphatic heterocycles. The number of nitrogens with one attached hydrogen (secondary N) is 1. The molecule has 0 atom stereocenters. The Morgan fingerprint density at radius 1 is 1.21 bits per heavy atom. The van der Waals surface area contributed by atoms with Crippen LogP contribution < -0.4 is 10.2 Å². The van der Waals surface area contributed by atoms with Gasteiger partial charge in [-0.25, -0.2) is 4.39 Å². The third kappa shape index (κ3) is 4.83. The van der Waals surface area contributed by atoms with E-state index in [0.717, 1.165) is 24.3 Å². The summed E-state index contributed by atoms with van der Waals surface area (Å²) in [5.41, 5.74) is 2.17. The molecular weight excluding hydrogens is 239 g/mol. The van der Waals surface area contributed by atoms with Crippen LogP contribution in [0.5, 0.6) is 0 Å². The van der Waals surface area contributed by atoms with Gasteiger partial charge in [0.05, 0.1) is 0 Å².